The Morgan fingerprint density at radius 1 is 1.15 bits per heavy atom. The van der Waals surface area contributed by atoms with E-state index in [9.17, 15) is 9.18 Å². The van der Waals surface area contributed by atoms with Crippen LogP contribution in [-0.2, 0) is 16.7 Å². The van der Waals surface area contributed by atoms with Gasteiger partial charge in [0.1, 0.15) is 11.6 Å². The lowest BCUT2D eigenvalue weighted by atomic mass is 9.72. The van der Waals surface area contributed by atoms with E-state index in [1.807, 2.05) is 23.6 Å². The van der Waals surface area contributed by atoms with E-state index in [-0.39, 0.29) is 29.3 Å². The molecule has 1 N–H and O–H groups in total. The molecular formula is C27H29FN2O3S. The van der Waals surface area contributed by atoms with Gasteiger partial charge in [-0.2, -0.15) is 0 Å². The molecule has 5 rings (SSSR count). The van der Waals surface area contributed by atoms with Crippen molar-refractivity contribution >= 4 is 17.2 Å². The summed E-state index contributed by atoms with van der Waals surface area (Å²) < 4.78 is 25.8. The van der Waals surface area contributed by atoms with Gasteiger partial charge in [0, 0.05) is 30.7 Å². The number of carbonyl (C=O) groups excluding carboxylic acids is 1. The van der Waals surface area contributed by atoms with Crippen molar-refractivity contribution in [2.24, 2.45) is 0 Å². The Labute approximate surface area is 203 Å². The van der Waals surface area contributed by atoms with Crippen LogP contribution in [0.5, 0.6) is 5.75 Å². The van der Waals surface area contributed by atoms with Crippen molar-refractivity contribution in [3.05, 3.63) is 87.4 Å². The SMILES string of the molecule is COc1ccc(CN2CCC3(CC2)c2ccccc2[C@@H](NC(=O)c2cccs2)[C@@H]3OC)c(F)c1. The first-order valence-electron chi connectivity index (χ1n) is 11.6. The summed E-state index contributed by atoms with van der Waals surface area (Å²) in [5.41, 5.74) is 2.88. The number of ether oxygens (including phenoxy) is 2. The molecule has 1 aliphatic carbocycles. The zero-order chi connectivity index (χ0) is 23.7. The monoisotopic (exact) mass is 480 g/mol. The fraction of sp³-hybridized carbons (Fsp3) is 0.370. The van der Waals surface area contributed by atoms with Crippen molar-refractivity contribution in [2.45, 2.75) is 36.9 Å². The second kappa shape index (κ2) is 9.49. The van der Waals surface area contributed by atoms with Crippen LogP contribution in [0.4, 0.5) is 4.39 Å². The largest absolute Gasteiger partial charge is 0.497 e. The molecule has 1 aromatic heterocycles. The molecule has 0 radical (unpaired) electrons. The third kappa shape index (κ3) is 4.02. The number of rotatable bonds is 6. The summed E-state index contributed by atoms with van der Waals surface area (Å²) >= 11 is 1.44. The van der Waals surface area contributed by atoms with Gasteiger partial charge in [0.05, 0.1) is 24.1 Å². The molecule has 0 bridgehead atoms. The lowest BCUT2D eigenvalue weighted by molar-refractivity contribution is -0.0123. The summed E-state index contributed by atoms with van der Waals surface area (Å²) in [6, 6.07) is 16.9. The van der Waals surface area contributed by atoms with Gasteiger partial charge >= 0.3 is 0 Å². The fourth-order valence-electron chi connectivity index (χ4n) is 5.68. The van der Waals surface area contributed by atoms with E-state index in [0.29, 0.717) is 22.7 Å². The van der Waals surface area contributed by atoms with Crippen LogP contribution in [0.3, 0.4) is 0 Å². The Kier molecular flexibility index (Phi) is 6.42. The van der Waals surface area contributed by atoms with Crippen LogP contribution in [0.15, 0.2) is 60.0 Å². The Balaban J connectivity index is 1.36. The maximum atomic E-state index is 14.5. The van der Waals surface area contributed by atoms with Crippen molar-refractivity contribution in [3.63, 3.8) is 0 Å². The molecule has 178 valence electrons. The fourth-order valence-corrected chi connectivity index (χ4v) is 6.31. The van der Waals surface area contributed by atoms with Gasteiger partial charge in [-0.25, -0.2) is 4.39 Å². The first-order chi connectivity index (χ1) is 16.6. The Morgan fingerprint density at radius 2 is 1.94 bits per heavy atom. The smallest absolute Gasteiger partial charge is 0.261 e. The van der Waals surface area contributed by atoms with Crippen molar-refractivity contribution in [1.82, 2.24) is 10.2 Å². The summed E-state index contributed by atoms with van der Waals surface area (Å²) in [4.78, 5) is 15.9. The molecule has 34 heavy (non-hydrogen) atoms. The number of likely N-dealkylation sites (tertiary alicyclic amines) is 1. The average molecular weight is 481 g/mol. The molecule has 1 spiro atoms. The number of benzene rings is 2. The van der Waals surface area contributed by atoms with Crippen molar-refractivity contribution in [2.75, 3.05) is 27.3 Å². The number of halogens is 1. The summed E-state index contributed by atoms with van der Waals surface area (Å²) in [6.45, 7) is 2.21. The highest BCUT2D eigenvalue weighted by Crippen LogP contribution is 2.52. The van der Waals surface area contributed by atoms with Gasteiger partial charge in [0.15, 0.2) is 0 Å². The molecule has 1 amide bonds. The zero-order valence-electron chi connectivity index (χ0n) is 19.4. The normalized spacial score (nSPS) is 21.4. The number of piperidine rings is 1. The number of hydrogen-bond donors (Lipinski definition) is 1. The number of fused-ring (bicyclic) bond motifs is 2. The van der Waals surface area contributed by atoms with Gasteiger partial charge in [-0.15, -0.1) is 11.3 Å². The van der Waals surface area contributed by atoms with Crippen LogP contribution in [0.25, 0.3) is 0 Å². The number of methoxy groups -OCH3 is 2. The molecular weight excluding hydrogens is 451 g/mol. The molecule has 2 aliphatic rings. The Hall–Kier alpha value is -2.74. The topological polar surface area (TPSA) is 50.8 Å². The van der Waals surface area contributed by atoms with E-state index in [1.54, 1.807) is 26.4 Å². The molecule has 2 atom stereocenters. The van der Waals surface area contributed by atoms with Gasteiger partial charge < -0.3 is 14.8 Å². The molecule has 1 saturated heterocycles. The van der Waals surface area contributed by atoms with Crippen LogP contribution in [-0.4, -0.2) is 44.2 Å². The van der Waals surface area contributed by atoms with Crippen molar-refractivity contribution in [1.29, 1.82) is 0 Å². The highest BCUT2D eigenvalue weighted by molar-refractivity contribution is 7.12. The molecule has 5 nitrogen and oxygen atoms in total. The number of carbonyl (C=O) groups is 1. The van der Waals surface area contributed by atoms with E-state index in [0.717, 1.165) is 31.5 Å². The molecule has 0 saturated carbocycles. The quantitative estimate of drug-likeness (QED) is 0.544. The zero-order valence-corrected chi connectivity index (χ0v) is 20.2. The van der Waals surface area contributed by atoms with Crippen molar-refractivity contribution in [3.8, 4) is 5.75 Å². The summed E-state index contributed by atoms with van der Waals surface area (Å²) in [6.07, 6.45) is 1.60. The number of amides is 1. The second-order valence-corrected chi connectivity index (χ2v) is 10.0. The van der Waals surface area contributed by atoms with Gasteiger partial charge in [-0.05, 0) is 54.6 Å². The van der Waals surface area contributed by atoms with Crippen LogP contribution in [0.2, 0.25) is 0 Å². The highest BCUT2D eigenvalue weighted by Gasteiger charge is 2.54. The van der Waals surface area contributed by atoms with E-state index < -0.39 is 0 Å². The van der Waals surface area contributed by atoms with E-state index >= 15 is 0 Å². The number of nitrogens with zero attached hydrogens (tertiary/aromatic N) is 1. The van der Waals surface area contributed by atoms with E-state index in [2.05, 4.69) is 28.4 Å². The minimum absolute atomic E-state index is 0.0682. The molecule has 0 unspecified atom stereocenters. The maximum absolute atomic E-state index is 14.5. The number of thiophene rings is 1. The average Bonchev–Trinajstić information content (AvgIpc) is 3.48. The van der Waals surface area contributed by atoms with Crippen LogP contribution < -0.4 is 10.1 Å². The highest BCUT2D eigenvalue weighted by atomic mass is 32.1. The minimum atomic E-state index is -0.239. The predicted molar refractivity (Wildman–Crippen MR) is 131 cm³/mol. The predicted octanol–water partition coefficient (Wildman–Crippen LogP) is 4.93. The van der Waals surface area contributed by atoms with Crippen LogP contribution >= 0.6 is 11.3 Å². The summed E-state index contributed by atoms with van der Waals surface area (Å²) in [5.74, 6) is 0.221. The van der Waals surface area contributed by atoms with Gasteiger partial charge in [-0.3, -0.25) is 9.69 Å². The van der Waals surface area contributed by atoms with Crippen LogP contribution in [0, 0.1) is 5.82 Å². The number of nitrogens with one attached hydrogen (secondary N) is 1. The molecule has 2 heterocycles. The maximum Gasteiger partial charge on any atom is 0.261 e. The summed E-state index contributed by atoms with van der Waals surface area (Å²) in [5, 5.41) is 5.16. The van der Waals surface area contributed by atoms with Crippen molar-refractivity contribution < 1.29 is 18.7 Å². The Bertz CT molecular complexity index is 1160. The molecule has 7 heteroatoms. The number of hydrogen-bond acceptors (Lipinski definition) is 5. The van der Waals surface area contributed by atoms with Crippen LogP contribution in [0.1, 0.15) is 45.2 Å². The Morgan fingerprint density at radius 3 is 2.62 bits per heavy atom. The van der Waals surface area contributed by atoms with Gasteiger partial charge in [0.25, 0.3) is 5.91 Å². The third-order valence-electron chi connectivity index (χ3n) is 7.37. The molecule has 1 fully saturated rings. The van der Waals surface area contributed by atoms with E-state index in [4.69, 9.17) is 9.47 Å². The van der Waals surface area contributed by atoms with Gasteiger partial charge in [-0.1, -0.05) is 36.4 Å². The standard InChI is InChI=1S/C27H29FN2O3S/c1-32-19-10-9-18(22(28)16-19)17-30-13-11-27(12-14-30)21-7-4-3-6-20(21)24(25(27)33-2)29-26(31)23-8-5-15-34-23/h3-10,15-16,24-25H,11-14,17H2,1-2H3,(H,29,31)/t24-,25+/m1/s1. The van der Waals surface area contributed by atoms with Gasteiger partial charge in [0.2, 0.25) is 0 Å². The first-order valence-corrected chi connectivity index (χ1v) is 12.4. The minimum Gasteiger partial charge on any atom is -0.497 e. The molecule has 3 aromatic rings. The van der Waals surface area contributed by atoms with E-state index in [1.165, 1.54) is 23.0 Å². The molecule has 1 aliphatic heterocycles. The second-order valence-electron chi connectivity index (χ2n) is 9.06. The lowest BCUT2D eigenvalue weighted by Crippen LogP contribution is -2.50. The summed E-state index contributed by atoms with van der Waals surface area (Å²) in [7, 11) is 3.28. The lowest BCUT2D eigenvalue weighted by Gasteiger charge is -2.44. The molecule has 2 aromatic carbocycles. The third-order valence-corrected chi connectivity index (χ3v) is 8.24. The first kappa shape index (κ1) is 23.0.